The van der Waals surface area contributed by atoms with E-state index in [9.17, 15) is 4.79 Å². The number of anilines is 1. The molecule has 1 heterocycles. The van der Waals surface area contributed by atoms with Gasteiger partial charge >= 0.3 is 0 Å². The molecule has 0 bridgehead atoms. The summed E-state index contributed by atoms with van der Waals surface area (Å²) in [4.78, 5) is 12.7. The molecule has 0 fully saturated rings. The van der Waals surface area contributed by atoms with Crippen LogP contribution in [0.1, 0.15) is 0 Å². The van der Waals surface area contributed by atoms with Gasteiger partial charge in [-0.3, -0.25) is 4.79 Å². The Bertz CT molecular complexity index is 311. The fraction of sp³-hybridized carbons (Fsp3) is 0.400. The zero-order chi connectivity index (χ0) is 8.43. The van der Waals surface area contributed by atoms with Crippen LogP contribution in [0.15, 0.2) is 4.79 Å². The third kappa shape index (κ3) is 1.66. The average Bonchev–Trinajstić information content (AvgIpc) is 1.94. The fourth-order valence-electron chi connectivity index (χ4n) is 0.555. The maximum Gasteiger partial charge on any atom is 0.260 e. The molecule has 0 aliphatic carbocycles. The zero-order valence-electron chi connectivity index (χ0n) is 6.04. The van der Waals surface area contributed by atoms with Crippen LogP contribution in [0, 0.1) is 0 Å². The van der Waals surface area contributed by atoms with E-state index >= 15 is 0 Å². The molecule has 0 radical (unpaired) electrons. The lowest BCUT2D eigenvalue weighted by atomic mass is 10.5. The maximum absolute atomic E-state index is 11.1. The van der Waals surface area contributed by atoms with Crippen molar-refractivity contribution in [3.05, 3.63) is 15.4 Å². The number of hydrogen-bond donors (Lipinski definition) is 0. The summed E-state index contributed by atoms with van der Waals surface area (Å²) < 4.78 is 7.38. The minimum atomic E-state index is -0.324. The molecule has 0 atom stereocenters. The second kappa shape index (κ2) is 3.15. The third-order valence-electron chi connectivity index (χ3n) is 1.06. The predicted molar refractivity (Wildman–Crippen MR) is 45.5 cm³/mol. The number of hydrogen-bond acceptors (Lipinski definition) is 5. The molecule has 60 valence electrons. The van der Waals surface area contributed by atoms with Crippen LogP contribution >= 0.6 is 23.3 Å². The summed E-state index contributed by atoms with van der Waals surface area (Å²) in [5.74, 6) is 0.329. The number of aromatic nitrogens is 2. The summed E-state index contributed by atoms with van der Waals surface area (Å²) in [5.41, 5.74) is -0.324. The number of halogens is 1. The van der Waals surface area contributed by atoms with E-state index < -0.39 is 0 Å². The van der Waals surface area contributed by atoms with E-state index in [1.807, 2.05) is 0 Å². The summed E-state index contributed by atoms with van der Waals surface area (Å²) >= 11 is 6.40. The van der Waals surface area contributed by atoms with Crippen LogP contribution in [-0.4, -0.2) is 22.8 Å². The van der Waals surface area contributed by atoms with Gasteiger partial charge in [0.05, 0.1) is 11.7 Å². The van der Waals surface area contributed by atoms with Crippen molar-refractivity contribution in [2.75, 3.05) is 19.0 Å². The first-order chi connectivity index (χ1) is 5.13. The van der Waals surface area contributed by atoms with Crippen LogP contribution in [0.4, 0.5) is 5.82 Å². The van der Waals surface area contributed by atoms with Gasteiger partial charge in [0.1, 0.15) is 0 Å². The lowest BCUT2D eigenvalue weighted by Crippen LogP contribution is -2.20. The summed E-state index contributed by atoms with van der Waals surface area (Å²) in [6, 6.07) is 0. The average molecular weight is 192 g/mol. The Morgan fingerprint density at radius 2 is 2.09 bits per heavy atom. The smallest absolute Gasteiger partial charge is 0.260 e. The first-order valence-electron chi connectivity index (χ1n) is 2.82. The first kappa shape index (κ1) is 8.42. The highest BCUT2D eigenvalue weighted by Crippen LogP contribution is 2.04. The molecular formula is C5H6ClN3OS. The summed E-state index contributed by atoms with van der Waals surface area (Å²) in [7, 11) is 3.46. The van der Waals surface area contributed by atoms with Gasteiger partial charge in [-0.25, -0.2) is 0 Å². The Morgan fingerprint density at radius 1 is 1.45 bits per heavy atom. The Balaban J connectivity index is 3.28. The second-order valence-electron chi connectivity index (χ2n) is 2.10. The van der Waals surface area contributed by atoms with Crippen molar-refractivity contribution in [3.63, 3.8) is 0 Å². The Kier molecular flexibility index (Phi) is 2.41. The van der Waals surface area contributed by atoms with E-state index in [0.717, 1.165) is 11.7 Å². The van der Waals surface area contributed by atoms with E-state index in [2.05, 4.69) is 8.75 Å². The molecule has 1 rings (SSSR count). The van der Waals surface area contributed by atoms with Crippen molar-refractivity contribution >= 4 is 29.1 Å². The van der Waals surface area contributed by atoms with Gasteiger partial charge in [0.25, 0.3) is 5.43 Å². The lowest BCUT2D eigenvalue weighted by Gasteiger charge is -2.07. The molecule has 0 saturated heterocycles. The van der Waals surface area contributed by atoms with Crippen LogP contribution in [0.25, 0.3) is 0 Å². The van der Waals surface area contributed by atoms with Crippen LogP contribution in [-0.2, 0) is 0 Å². The topological polar surface area (TPSA) is 46.1 Å². The van der Waals surface area contributed by atoms with Crippen molar-refractivity contribution in [1.82, 2.24) is 8.75 Å². The molecule has 0 unspecified atom stereocenters. The molecule has 0 spiro atoms. The van der Waals surface area contributed by atoms with Crippen LogP contribution < -0.4 is 10.3 Å². The molecule has 0 aromatic carbocycles. The Morgan fingerprint density at radius 3 is 2.55 bits per heavy atom. The SMILES string of the molecule is CN(C)c1nsnc(Cl)c1=O. The van der Waals surface area contributed by atoms with Gasteiger partial charge in [0.15, 0.2) is 11.0 Å². The molecule has 0 amide bonds. The maximum atomic E-state index is 11.1. The quantitative estimate of drug-likeness (QED) is 0.653. The van der Waals surface area contributed by atoms with Gasteiger partial charge in [0, 0.05) is 14.1 Å². The molecule has 1 aromatic heterocycles. The monoisotopic (exact) mass is 191 g/mol. The van der Waals surface area contributed by atoms with Gasteiger partial charge in [-0.1, -0.05) is 11.6 Å². The third-order valence-corrected chi connectivity index (χ3v) is 1.94. The van der Waals surface area contributed by atoms with Crippen LogP contribution in [0.2, 0.25) is 5.15 Å². The molecule has 1 aromatic rings. The largest absolute Gasteiger partial charge is 0.359 e. The van der Waals surface area contributed by atoms with E-state index in [1.165, 1.54) is 0 Å². The fourth-order valence-corrected chi connectivity index (χ4v) is 1.25. The molecule has 4 nitrogen and oxygen atoms in total. The standard InChI is InChI=1S/C5H6ClN3OS/c1-9(2)5-3(10)4(6)7-11-8-5/h1-2H3. The van der Waals surface area contributed by atoms with Gasteiger partial charge in [-0.15, -0.1) is 0 Å². The zero-order valence-corrected chi connectivity index (χ0v) is 7.61. The minimum Gasteiger partial charge on any atom is -0.359 e. The number of nitrogens with zero attached hydrogens (tertiary/aromatic N) is 3. The van der Waals surface area contributed by atoms with Crippen LogP contribution in [0.3, 0.4) is 0 Å². The minimum absolute atomic E-state index is 0.0197. The molecule has 0 aliphatic rings. The van der Waals surface area contributed by atoms with Crippen molar-refractivity contribution < 1.29 is 0 Å². The van der Waals surface area contributed by atoms with Crippen LogP contribution in [0.5, 0.6) is 0 Å². The molecule has 0 N–H and O–H groups in total. The van der Waals surface area contributed by atoms with E-state index in [4.69, 9.17) is 11.6 Å². The van der Waals surface area contributed by atoms with Gasteiger partial charge in [-0.05, 0) is 0 Å². The molecule has 0 saturated carbocycles. The highest BCUT2D eigenvalue weighted by atomic mass is 35.5. The second-order valence-corrected chi connectivity index (χ2v) is 2.99. The van der Waals surface area contributed by atoms with E-state index in [1.54, 1.807) is 19.0 Å². The van der Waals surface area contributed by atoms with Crippen molar-refractivity contribution in [1.29, 1.82) is 0 Å². The lowest BCUT2D eigenvalue weighted by molar-refractivity contribution is 1.07. The van der Waals surface area contributed by atoms with Gasteiger partial charge in [0.2, 0.25) is 0 Å². The molecular weight excluding hydrogens is 186 g/mol. The van der Waals surface area contributed by atoms with E-state index in [-0.39, 0.29) is 10.6 Å². The highest BCUT2D eigenvalue weighted by Gasteiger charge is 2.07. The Hall–Kier alpha value is -0.680. The van der Waals surface area contributed by atoms with Gasteiger partial charge in [-0.2, -0.15) is 8.75 Å². The highest BCUT2D eigenvalue weighted by molar-refractivity contribution is 6.99. The summed E-state index contributed by atoms with van der Waals surface area (Å²) in [6.45, 7) is 0. The summed E-state index contributed by atoms with van der Waals surface area (Å²) in [6.07, 6.45) is 0. The van der Waals surface area contributed by atoms with Crippen molar-refractivity contribution in [2.45, 2.75) is 0 Å². The molecule has 6 heteroatoms. The normalized spacial score (nSPS) is 9.73. The molecule has 0 aliphatic heterocycles. The first-order valence-corrected chi connectivity index (χ1v) is 3.93. The van der Waals surface area contributed by atoms with Gasteiger partial charge < -0.3 is 4.90 Å². The molecule has 11 heavy (non-hydrogen) atoms. The van der Waals surface area contributed by atoms with E-state index in [0.29, 0.717) is 5.82 Å². The van der Waals surface area contributed by atoms with Crippen molar-refractivity contribution in [2.24, 2.45) is 0 Å². The number of rotatable bonds is 1. The summed E-state index contributed by atoms with van der Waals surface area (Å²) in [5, 5.41) is -0.0197. The Labute approximate surface area is 72.8 Å². The predicted octanol–water partition coefficient (Wildman–Crippen LogP) is 0.618. The van der Waals surface area contributed by atoms with Crippen molar-refractivity contribution in [3.8, 4) is 0 Å².